The van der Waals surface area contributed by atoms with Crippen molar-refractivity contribution in [2.24, 2.45) is 0 Å². The number of nitrogens with one attached hydrogen (secondary N) is 1. The van der Waals surface area contributed by atoms with Crippen molar-refractivity contribution in [1.29, 1.82) is 0 Å². The Morgan fingerprint density at radius 3 is 2.71 bits per heavy atom. The topological polar surface area (TPSA) is 77.1 Å². The molecule has 6 nitrogen and oxygen atoms in total. The predicted octanol–water partition coefficient (Wildman–Crippen LogP) is 3.58. The second kappa shape index (κ2) is 6.91. The molecular formula is C17H14FN3O3. The molecule has 0 aliphatic rings. The molecule has 0 saturated carbocycles. The van der Waals surface area contributed by atoms with Gasteiger partial charge in [-0.3, -0.25) is 0 Å². The van der Waals surface area contributed by atoms with Crippen molar-refractivity contribution in [1.82, 2.24) is 15.4 Å². The van der Waals surface area contributed by atoms with Crippen LogP contribution in [0.3, 0.4) is 0 Å². The third kappa shape index (κ3) is 3.24. The maximum Gasteiger partial charge on any atom is 0.361 e. The summed E-state index contributed by atoms with van der Waals surface area (Å²) in [7, 11) is 0. The van der Waals surface area contributed by atoms with Crippen LogP contribution >= 0.6 is 0 Å². The lowest BCUT2D eigenvalue weighted by Gasteiger charge is -2.10. The molecule has 1 aromatic heterocycles. The molecule has 0 aliphatic heterocycles. The van der Waals surface area contributed by atoms with Gasteiger partial charge < -0.3 is 9.47 Å². The van der Waals surface area contributed by atoms with Gasteiger partial charge in [0.05, 0.1) is 6.61 Å². The van der Waals surface area contributed by atoms with E-state index in [0.717, 1.165) is 0 Å². The van der Waals surface area contributed by atoms with Crippen LogP contribution in [0.4, 0.5) is 4.39 Å². The first-order valence-electron chi connectivity index (χ1n) is 7.29. The Hall–Kier alpha value is -3.22. The van der Waals surface area contributed by atoms with Crippen molar-refractivity contribution >= 4 is 5.97 Å². The van der Waals surface area contributed by atoms with Crippen molar-refractivity contribution in [2.45, 2.75) is 6.92 Å². The van der Waals surface area contributed by atoms with E-state index in [1.807, 2.05) is 6.07 Å². The zero-order valence-electron chi connectivity index (χ0n) is 12.8. The number of hydrogen-bond acceptors (Lipinski definition) is 5. The van der Waals surface area contributed by atoms with Crippen LogP contribution in [-0.4, -0.2) is 28.0 Å². The summed E-state index contributed by atoms with van der Waals surface area (Å²) in [5.41, 5.74) is 0.679. The fourth-order valence-corrected chi connectivity index (χ4v) is 2.15. The summed E-state index contributed by atoms with van der Waals surface area (Å²) in [6, 6.07) is 12.9. The first-order chi connectivity index (χ1) is 11.7. The van der Waals surface area contributed by atoms with E-state index in [2.05, 4.69) is 15.4 Å². The Balaban J connectivity index is 2.03. The molecule has 0 spiro atoms. The normalized spacial score (nSPS) is 10.4. The standard InChI is InChI=1S/C17H14FN3O3/c1-2-23-17(22)16-15(19-21-20-16)13-9-8-11(18)10-14(13)24-12-6-4-3-5-7-12/h3-10H,2H2,1H3,(H,19,20,21). The van der Waals surface area contributed by atoms with Crippen LogP contribution in [0.1, 0.15) is 17.4 Å². The molecule has 0 fully saturated rings. The number of para-hydroxylation sites is 1. The van der Waals surface area contributed by atoms with Gasteiger partial charge in [-0.15, -0.1) is 5.10 Å². The molecule has 3 rings (SSSR count). The molecule has 3 aromatic rings. The molecule has 1 heterocycles. The van der Waals surface area contributed by atoms with Gasteiger partial charge in [-0.2, -0.15) is 10.3 Å². The van der Waals surface area contributed by atoms with Gasteiger partial charge in [0.2, 0.25) is 0 Å². The molecule has 24 heavy (non-hydrogen) atoms. The lowest BCUT2D eigenvalue weighted by Crippen LogP contribution is -2.07. The molecule has 0 aliphatic carbocycles. The molecule has 7 heteroatoms. The summed E-state index contributed by atoms with van der Waals surface area (Å²) >= 11 is 0. The second-order valence-corrected chi connectivity index (χ2v) is 4.80. The minimum absolute atomic E-state index is 0.0152. The Morgan fingerprint density at radius 1 is 1.17 bits per heavy atom. The number of carbonyl (C=O) groups excluding carboxylic acids is 1. The molecule has 0 saturated heterocycles. The summed E-state index contributed by atoms with van der Waals surface area (Å²) in [6.45, 7) is 1.90. The summed E-state index contributed by atoms with van der Waals surface area (Å²) < 4.78 is 24.3. The molecule has 122 valence electrons. The lowest BCUT2D eigenvalue weighted by molar-refractivity contribution is 0.0520. The average molecular weight is 327 g/mol. The number of benzene rings is 2. The predicted molar refractivity (Wildman–Crippen MR) is 84.2 cm³/mol. The van der Waals surface area contributed by atoms with Crippen LogP contribution in [0, 0.1) is 5.82 Å². The van der Waals surface area contributed by atoms with Gasteiger partial charge in [-0.25, -0.2) is 9.18 Å². The number of H-pyrrole nitrogens is 1. The number of carbonyl (C=O) groups is 1. The van der Waals surface area contributed by atoms with E-state index in [0.29, 0.717) is 11.3 Å². The molecule has 0 unspecified atom stereocenters. The van der Waals surface area contributed by atoms with Crippen LogP contribution < -0.4 is 4.74 Å². The summed E-state index contributed by atoms with van der Waals surface area (Å²) in [5, 5.41) is 10.2. The van der Waals surface area contributed by atoms with E-state index in [4.69, 9.17) is 9.47 Å². The van der Waals surface area contributed by atoms with E-state index in [1.54, 1.807) is 31.2 Å². The van der Waals surface area contributed by atoms with Gasteiger partial charge in [0, 0.05) is 11.6 Å². The maximum absolute atomic E-state index is 13.7. The second-order valence-electron chi connectivity index (χ2n) is 4.80. The monoisotopic (exact) mass is 327 g/mol. The highest BCUT2D eigenvalue weighted by atomic mass is 19.1. The molecule has 0 amide bonds. The van der Waals surface area contributed by atoms with Gasteiger partial charge in [0.1, 0.15) is 23.0 Å². The molecule has 1 N–H and O–H groups in total. The number of hydrogen-bond donors (Lipinski definition) is 1. The van der Waals surface area contributed by atoms with Gasteiger partial charge in [-0.05, 0) is 31.2 Å². The summed E-state index contributed by atoms with van der Waals surface area (Å²) in [4.78, 5) is 12.0. The Labute approximate surface area is 137 Å². The summed E-state index contributed by atoms with van der Waals surface area (Å²) in [5.74, 6) is -0.326. The van der Waals surface area contributed by atoms with E-state index < -0.39 is 11.8 Å². The molecule has 0 radical (unpaired) electrons. The number of esters is 1. The lowest BCUT2D eigenvalue weighted by atomic mass is 10.1. The van der Waals surface area contributed by atoms with Gasteiger partial charge in [0.15, 0.2) is 5.69 Å². The van der Waals surface area contributed by atoms with Crippen LogP contribution in [0.25, 0.3) is 11.3 Å². The van der Waals surface area contributed by atoms with E-state index >= 15 is 0 Å². The Bertz CT molecular complexity index is 849. The van der Waals surface area contributed by atoms with E-state index in [1.165, 1.54) is 18.2 Å². The highest BCUT2D eigenvalue weighted by molar-refractivity contribution is 5.94. The Morgan fingerprint density at radius 2 is 1.96 bits per heavy atom. The van der Waals surface area contributed by atoms with Gasteiger partial charge in [0.25, 0.3) is 0 Å². The molecule has 0 atom stereocenters. The average Bonchev–Trinajstić information content (AvgIpc) is 3.06. The van der Waals surface area contributed by atoms with Crippen molar-refractivity contribution in [2.75, 3.05) is 6.61 Å². The molecular weight excluding hydrogens is 313 g/mol. The fraction of sp³-hybridized carbons (Fsp3) is 0.118. The SMILES string of the molecule is CCOC(=O)c1n[nH]nc1-c1ccc(F)cc1Oc1ccccc1. The number of rotatable bonds is 5. The van der Waals surface area contributed by atoms with Crippen LogP contribution in [0.15, 0.2) is 48.5 Å². The van der Waals surface area contributed by atoms with Gasteiger partial charge in [-0.1, -0.05) is 18.2 Å². The zero-order chi connectivity index (χ0) is 16.9. The summed E-state index contributed by atoms with van der Waals surface area (Å²) in [6.07, 6.45) is 0. The van der Waals surface area contributed by atoms with Gasteiger partial charge >= 0.3 is 5.97 Å². The molecule has 0 bridgehead atoms. The first kappa shape index (κ1) is 15.7. The number of halogens is 1. The fourth-order valence-electron chi connectivity index (χ4n) is 2.15. The van der Waals surface area contributed by atoms with E-state index in [-0.39, 0.29) is 23.7 Å². The highest BCUT2D eigenvalue weighted by Gasteiger charge is 2.22. The highest BCUT2D eigenvalue weighted by Crippen LogP contribution is 2.34. The number of aromatic nitrogens is 3. The number of nitrogens with zero attached hydrogens (tertiary/aromatic N) is 2. The van der Waals surface area contributed by atoms with Crippen LogP contribution in [-0.2, 0) is 4.74 Å². The van der Waals surface area contributed by atoms with Crippen molar-refractivity contribution < 1.29 is 18.7 Å². The van der Waals surface area contributed by atoms with Crippen molar-refractivity contribution in [3.05, 3.63) is 60.0 Å². The Kier molecular flexibility index (Phi) is 4.51. The minimum Gasteiger partial charge on any atom is -0.461 e. The van der Waals surface area contributed by atoms with E-state index in [9.17, 15) is 9.18 Å². The van der Waals surface area contributed by atoms with Crippen molar-refractivity contribution in [3.8, 4) is 22.8 Å². The minimum atomic E-state index is -0.615. The maximum atomic E-state index is 13.7. The number of aromatic amines is 1. The zero-order valence-corrected chi connectivity index (χ0v) is 12.8. The van der Waals surface area contributed by atoms with Crippen LogP contribution in [0.2, 0.25) is 0 Å². The van der Waals surface area contributed by atoms with Crippen LogP contribution in [0.5, 0.6) is 11.5 Å². The largest absolute Gasteiger partial charge is 0.461 e. The smallest absolute Gasteiger partial charge is 0.361 e. The third-order valence-electron chi connectivity index (χ3n) is 3.19. The first-order valence-corrected chi connectivity index (χ1v) is 7.29. The molecule has 2 aromatic carbocycles. The third-order valence-corrected chi connectivity index (χ3v) is 3.19. The number of ether oxygens (including phenoxy) is 2. The van der Waals surface area contributed by atoms with Crippen molar-refractivity contribution in [3.63, 3.8) is 0 Å². The quantitative estimate of drug-likeness (QED) is 0.725.